The minimum Gasteiger partial charge on any atom is -0.494 e. The number of halogens is 1. The molecular weight excluding hydrogens is 289 g/mol. The Bertz CT molecular complexity index is 588. The van der Waals surface area contributed by atoms with Crippen LogP contribution in [0.2, 0.25) is 0 Å². The van der Waals surface area contributed by atoms with Crippen molar-refractivity contribution >= 4 is 11.5 Å². The lowest BCUT2D eigenvalue weighted by Crippen LogP contribution is -2.24. The van der Waals surface area contributed by atoms with Gasteiger partial charge in [0.25, 0.3) is 0 Å². The number of methoxy groups -OCH3 is 1. The van der Waals surface area contributed by atoms with Gasteiger partial charge < -0.3 is 10.1 Å². The minimum absolute atomic E-state index is 0.109. The summed E-state index contributed by atoms with van der Waals surface area (Å²) in [5.41, 5.74) is 1.86. The number of nitrogens with zero attached hydrogens (tertiary/aromatic N) is 2. The first-order valence-corrected chi connectivity index (χ1v) is 7.77. The summed E-state index contributed by atoms with van der Waals surface area (Å²) in [6.45, 7) is 4.98. The van der Waals surface area contributed by atoms with Crippen LogP contribution in [0.15, 0.2) is 18.2 Å². The zero-order valence-corrected chi connectivity index (χ0v) is 13.3. The molecule has 6 heteroatoms. The van der Waals surface area contributed by atoms with E-state index < -0.39 is 0 Å². The van der Waals surface area contributed by atoms with Crippen LogP contribution >= 0.6 is 11.5 Å². The zero-order valence-electron chi connectivity index (χ0n) is 12.5. The molecule has 0 aliphatic rings. The van der Waals surface area contributed by atoms with Crippen molar-refractivity contribution in [3.8, 4) is 5.75 Å². The van der Waals surface area contributed by atoms with Crippen LogP contribution < -0.4 is 10.1 Å². The van der Waals surface area contributed by atoms with Crippen molar-refractivity contribution in [2.75, 3.05) is 13.7 Å². The Balaban J connectivity index is 2.18. The molecule has 0 bridgehead atoms. The van der Waals surface area contributed by atoms with Gasteiger partial charge in [-0.2, -0.15) is 0 Å². The standard InChI is InChI=1S/C15H20FN3OS/c1-4-7-17-13(15-10(2)18-19-21-15)9-11-5-6-14(20-3)12(16)8-11/h5-6,8,13,17H,4,7,9H2,1-3H3. The van der Waals surface area contributed by atoms with Crippen LogP contribution in [-0.2, 0) is 6.42 Å². The van der Waals surface area contributed by atoms with Crippen molar-refractivity contribution in [3.63, 3.8) is 0 Å². The van der Waals surface area contributed by atoms with E-state index in [9.17, 15) is 4.39 Å². The van der Waals surface area contributed by atoms with Crippen molar-refractivity contribution in [1.82, 2.24) is 14.9 Å². The summed E-state index contributed by atoms with van der Waals surface area (Å²) in [7, 11) is 1.47. The minimum atomic E-state index is -0.330. The fourth-order valence-electron chi connectivity index (χ4n) is 2.21. The molecule has 0 saturated carbocycles. The van der Waals surface area contributed by atoms with Gasteiger partial charge >= 0.3 is 0 Å². The molecule has 0 amide bonds. The SMILES string of the molecule is CCCNC(Cc1ccc(OC)c(F)c1)c1snnc1C. The Labute approximate surface area is 128 Å². The Morgan fingerprint density at radius 1 is 1.43 bits per heavy atom. The summed E-state index contributed by atoms with van der Waals surface area (Å²) in [4.78, 5) is 1.11. The Morgan fingerprint density at radius 2 is 2.24 bits per heavy atom. The summed E-state index contributed by atoms with van der Waals surface area (Å²) in [5, 5.41) is 7.55. The highest BCUT2D eigenvalue weighted by molar-refractivity contribution is 7.05. The molecule has 0 saturated heterocycles. The molecule has 1 aromatic heterocycles. The zero-order chi connectivity index (χ0) is 15.2. The van der Waals surface area contributed by atoms with E-state index in [1.165, 1.54) is 24.7 Å². The number of nitrogens with one attached hydrogen (secondary N) is 1. The molecule has 1 aromatic carbocycles. The normalized spacial score (nSPS) is 12.4. The van der Waals surface area contributed by atoms with E-state index in [2.05, 4.69) is 21.8 Å². The van der Waals surface area contributed by atoms with Gasteiger partial charge in [-0.3, -0.25) is 0 Å². The van der Waals surface area contributed by atoms with E-state index in [0.29, 0.717) is 6.42 Å². The van der Waals surface area contributed by atoms with Gasteiger partial charge in [0.2, 0.25) is 0 Å². The molecule has 1 unspecified atom stereocenters. The second-order valence-corrected chi connectivity index (χ2v) is 5.69. The average molecular weight is 309 g/mol. The van der Waals surface area contributed by atoms with Crippen LogP contribution in [-0.4, -0.2) is 23.2 Å². The Kier molecular flexibility index (Phi) is 5.64. The highest BCUT2D eigenvalue weighted by Gasteiger charge is 2.18. The fourth-order valence-corrected chi connectivity index (χ4v) is 2.92. The van der Waals surface area contributed by atoms with Crippen LogP contribution in [0.25, 0.3) is 0 Å². The molecule has 114 valence electrons. The van der Waals surface area contributed by atoms with Crippen LogP contribution in [0, 0.1) is 12.7 Å². The van der Waals surface area contributed by atoms with Crippen molar-refractivity contribution in [2.45, 2.75) is 32.7 Å². The van der Waals surface area contributed by atoms with Crippen molar-refractivity contribution in [3.05, 3.63) is 40.2 Å². The van der Waals surface area contributed by atoms with Gasteiger partial charge in [0.15, 0.2) is 11.6 Å². The number of rotatable bonds is 7. The van der Waals surface area contributed by atoms with E-state index in [-0.39, 0.29) is 17.6 Å². The largest absolute Gasteiger partial charge is 0.494 e. The number of benzene rings is 1. The molecule has 1 atom stereocenters. The maximum Gasteiger partial charge on any atom is 0.165 e. The molecule has 1 N–H and O–H groups in total. The summed E-state index contributed by atoms with van der Waals surface area (Å²) in [6, 6.07) is 5.20. The molecule has 1 heterocycles. The topological polar surface area (TPSA) is 47.0 Å². The lowest BCUT2D eigenvalue weighted by atomic mass is 10.0. The molecule has 0 radical (unpaired) electrons. The first-order chi connectivity index (χ1) is 10.2. The van der Waals surface area contributed by atoms with Gasteiger partial charge in [-0.05, 0) is 55.5 Å². The summed E-state index contributed by atoms with van der Waals surface area (Å²) < 4.78 is 22.8. The predicted molar refractivity (Wildman–Crippen MR) is 82.3 cm³/mol. The van der Waals surface area contributed by atoms with E-state index >= 15 is 0 Å². The number of aryl methyl sites for hydroxylation is 1. The molecule has 21 heavy (non-hydrogen) atoms. The number of ether oxygens (including phenoxy) is 1. The van der Waals surface area contributed by atoms with Gasteiger partial charge in [-0.25, -0.2) is 4.39 Å². The third-order valence-corrected chi connectivity index (χ3v) is 4.24. The van der Waals surface area contributed by atoms with Gasteiger partial charge in [0, 0.05) is 6.04 Å². The summed E-state index contributed by atoms with van der Waals surface area (Å²) in [5.74, 6) is -0.0594. The van der Waals surface area contributed by atoms with Gasteiger partial charge in [0.1, 0.15) is 0 Å². The fraction of sp³-hybridized carbons (Fsp3) is 0.467. The lowest BCUT2D eigenvalue weighted by Gasteiger charge is -2.17. The quantitative estimate of drug-likeness (QED) is 0.852. The van der Waals surface area contributed by atoms with Crippen LogP contribution in [0.4, 0.5) is 4.39 Å². The Hall–Kier alpha value is -1.53. The van der Waals surface area contributed by atoms with Gasteiger partial charge in [0.05, 0.1) is 17.7 Å². The maximum absolute atomic E-state index is 13.8. The third kappa shape index (κ3) is 3.98. The van der Waals surface area contributed by atoms with E-state index in [4.69, 9.17) is 4.74 Å². The molecular formula is C15H20FN3OS. The highest BCUT2D eigenvalue weighted by atomic mass is 32.1. The van der Waals surface area contributed by atoms with Crippen molar-refractivity contribution in [2.24, 2.45) is 0 Å². The van der Waals surface area contributed by atoms with Crippen LogP contribution in [0.1, 0.15) is 35.5 Å². The molecule has 2 rings (SSSR count). The first kappa shape index (κ1) is 15.9. The molecule has 0 fully saturated rings. The van der Waals surface area contributed by atoms with Gasteiger partial charge in [-0.1, -0.05) is 17.5 Å². The summed E-state index contributed by atoms with van der Waals surface area (Å²) in [6.07, 6.45) is 1.74. The second-order valence-electron chi connectivity index (χ2n) is 4.90. The van der Waals surface area contributed by atoms with Crippen molar-refractivity contribution in [1.29, 1.82) is 0 Å². The van der Waals surface area contributed by atoms with Crippen molar-refractivity contribution < 1.29 is 9.13 Å². The lowest BCUT2D eigenvalue weighted by molar-refractivity contribution is 0.386. The predicted octanol–water partition coefficient (Wildman–Crippen LogP) is 3.28. The summed E-state index contributed by atoms with van der Waals surface area (Å²) >= 11 is 1.40. The monoisotopic (exact) mass is 309 g/mol. The smallest absolute Gasteiger partial charge is 0.165 e. The number of aromatic nitrogens is 2. The second kappa shape index (κ2) is 7.47. The van der Waals surface area contributed by atoms with Gasteiger partial charge in [-0.15, -0.1) is 5.10 Å². The average Bonchev–Trinajstić information content (AvgIpc) is 2.90. The molecule has 4 nitrogen and oxygen atoms in total. The van der Waals surface area contributed by atoms with E-state index in [1.807, 2.05) is 13.0 Å². The first-order valence-electron chi connectivity index (χ1n) is 7.00. The number of hydrogen-bond acceptors (Lipinski definition) is 5. The molecule has 0 aliphatic carbocycles. The number of hydrogen-bond donors (Lipinski definition) is 1. The van der Waals surface area contributed by atoms with Crippen LogP contribution in [0.3, 0.4) is 0 Å². The Morgan fingerprint density at radius 3 is 2.81 bits per heavy atom. The van der Waals surface area contributed by atoms with Crippen LogP contribution in [0.5, 0.6) is 5.75 Å². The third-order valence-electron chi connectivity index (χ3n) is 3.30. The maximum atomic E-state index is 13.8. The molecule has 0 aliphatic heterocycles. The van der Waals surface area contributed by atoms with E-state index in [1.54, 1.807) is 6.07 Å². The highest BCUT2D eigenvalue weighted by Crippen LogP contribution is 2.26. The molecule has 2 aromatic rings. The molecule has 0 spiro atoms. The van der Waals surface area contributed by atoms with E-state index in [0.717, 1.165) is 29.1 Å².